The molecule has 20 heavy (non-hydrogen) atoms. The fourth-order valence-corrected chi connectivity index (χ4v) is 1.43. The number of anilines is 1. The molecule has 0 unspecified atom stereocenters. The Balaban J connectivity index is 2.46. The van der Waals surface area contributed by atoms with Crippen LogP contribution in [0.3, 0.4) is 0 Å². The average molecular weight is 282 g/mol. The molecular formula is C13H18N2O5. The molecule has 0 aliphatic heterocycles. The van der Waals surface area contributed by atoms with Crippen molar-refractivity contribution in [1.82, 2.24) is 5.32 Å². The van der Waals surface area contributed by atoms with Crippen LogP contribution in [0, 0.1) is 0 Å². The van der Waals surface area contributed by atoms with Gasteiger partial charge in [0, 0.05) is 20.3 Å². The average Bonchev–Trinajstić information content (AvgIpc) is 2.42. The third-order valence-electron chi connectivity index (χ3n) is 2.47. The largest absolute Gasteiger partial charge is 0.482 e. The van der Waals surface area contributed by atoms with Gasteiger partial charge in [0.1, 0.15) is 5.75 Å². The van der Waals surface area contributed by atoms with Crippen LogP contribution < -0.4 is 15.8 Å². The molecular weight excluding hydrogens is 264 g/mol. The highest BCUT2D eigenvalue weighted by atomic mass is 16.5. The van der Waals surface area contributed by atoms with E-state index in [-0.39, 0.29) is 29.5 Å². The first-order valence-electron chi connectivity index (χ1n) is 6.06. The molecule has 0 aromatic heterocycles. The number of benzene rings is 1. The van der Waals surface area contributed by atoms with Gasteiger partial charge in [-0.1, -0.05) is 0 Å². The molecule has 7 nitrogen and oxygen atoms in total. The lowest BCUT2D eigenvalue weighted by atomic mass is 10.2. The summed E-state index contributed by atoms with van der Waals surface area (Å²) in [5.74, 6) is -1.21. The third-order valence-corrected chi connectivity index (χ3v) is 2.47. The van der Waals surface area contributed by atoms with Gasteiger partial charge in [0.15, 0.2) is 6.61 Å². The molecule has 0 saturated heterocycles. The summed E-state index contributed by atoms with van der Waals surface area (Å²) in [7, 11) is 1.59. The highest BCUT2D eigenvalue weighted by molar-refractivity contribution is 5.89. The van der Waals surface area contributed by atoms with E-state index in [2.05, 4.69) is 5.32 Å². The Morgan fingerprint density at radius 1 is 1.40 bits per heavy atom. The van der Waals surface area contributed by atoms with E-state index in [1.54, 1.807) is 7.11 Å². The van der Waals surface area contributed by atoms with Crippen molar-refractivity contribution in [3.8, 4) is 5.75 Å². The number of carbonyl (C=O) groups is 2. The van der Waals surface area contributed by atoms with Gasteiger partial charge in [0.25, 0.3) is 5.91 Å². The van der Waals surface area contributed by atoms with Gasteiger partial charge < -0.3 is 25.6 Å². The predicted molar refractivity (Wildman–Crippen MR) is 72.8 cm³/mol. The molecule has 0 aliphatic carbocycles. The van der Waals surface area contributed by atoms with Crippen molar-refractivity contribution < 1.29 is 24.2 Å². The summed E-state index contributed by atoms with van der Waals surface area (Å²) in [6, 6.07) is 4.08. The number of ether oxygens (including phenoxy) is 2. The number of hydrogen-bond acceptors (Lipinski definition) is 5. The molecule has 0 atom stereocenters. The minimum atomic E-state index is -1.08. The molecule has 0 spiro atoms. The van der Waals surface area contributed by atoms with Crippen molar-refractivity contribution in [1.29, 1.82) is 0 Å². The van der Waals surface area contributed by atoms with Gasteiger partial charge in [-0.25, -0.2) is 4.79 Å². The Labute approximate surface area is 116 Å². The fourth-order valence-electron chi connectivity index (χ4n) is 1.43. The third kappa shape index (κ3) is 5.15. The van der Waals surface area contributed by atoms with E-state index in [4.69, 9.17) is 20.3 Å². The van der Waals surface area contributed by atoms with Crippen LogP contribution in [0.5, 0.6) is 5.75 Å². The lowest BCUT2D eigenvalue weighted by Crippen LogP contribution is -2.30. The summed E-state index contributed by atoms with van der Waals surface area (Å²) < 4.78 is 10.1. The lowest BCUT2D eigenvalue weighted by Gasteiger charge is -2.10. The van der Waals surface area contributed by atoms with Crippen LogP contribution in [0.1, 0.15) is 16.8 Å². The number of nitrogen functional groups attached to an aromatic ring is 1. The highest BCUT2D eigenvalue weighted by Gasteiger charge is 2.09. The molecule has 110 valence electrons. The van der Waals surface area contributed by atoms with E-state index < -0.39 is 5.97 Å². The van der Waals surface area contributed by atoms with E-state index in [0.717, 1.165) is 0 Å². The van der Waals surface area contributed by atoms with Crippen LogP contribution in [-0.4, -0.2) is 43.9 Å². The predicted octanol–water partition coefficient (Wildman–Crippen LogP) is 0.498. The number of carbonyl (C=O) groups excluding carboxylic acids is 1. The van der Waals surface area contributed by atoms with Gasteiger partial charge in [-0.15, -0.1) is 0 Å². The van der Waals surface area contributed by atoms with Crippen molar-refractivity contribution >= 4 is 17.6 Å². The van der Waals surface area contributed by atoms with E-state index >= 15 is 0 Å². The molecule has 1 amide bonds. The second-order valence-corrected chi connectivity index (χ2v) is 4.04. The number of amides is 1. The van der Waals surface area contributed by atoms with Crippen molar-refractivity contribution in [2.24, 2.45) is 0 Å². The standard InChI is InChI=1S/C13H18N2O5/c1-19-6-2-5-15-12(16)8-20-11-7-9(13(17)18)3-4-10(11)14/h3-4,7H,2,5-6,8,14H2,1H3,(H,15,16)(H,17,18). The quantitative estimate of drug-likeness (QED) is 0.473. The maximum Gasteiger partial charge on any atom is 0.335 e. The molecule has 1 aromatic carbocycles. The van der Waals surface area contributed by atoms with Gasteiger partial charge in [-0.2, -0.15) is 0 Å². The highest BCUT2D eigenvalue weighted by Crippen LogP contribution is 2.22. The zero-order valence-electron chi connectivity index (χ0n) is 11.2. The molecule has 4 N–H and O–H groups in total. The maximum atomic E-state index is 11.5. The van der Waals surface area contributed by atoms with Crippen LogP contribution >= 0.6 is 0 Å². The molecule has 7 heteroatoms. The first-order chi connectivity index (χ1) is 9.54. The number of rotatable bonds is 8. The van der Waals surface area contributed by atoms with Crippen LogP contribution in [0.15, 0.2) is 18.2 Å². The Bertz CT molecular complexity index is 476. The Morgan fingerprint density at radius 3 is 2.80 bits per heavy atom. The first-order valence-corrected chi connectivity index (χ1v) is 6.06. The molecule has 1 aromatic rings. The summed E-state index contributed by atoms with van der Waals surface area (Å²) >= 11 is 0. The smallest absolute Gasteiger partial charge is 0.335 e. The Kier molecular flexibility index (Phi) is 6.31. The van der Waals surface area contributed by atoms with Gasteiger partial charge in [0.05, 0.1) is 11.3 Å². The van der Waals surface area contributed by atoms with E-state index in [0.29, 0.717) is 19.6 Å². The zero-order valence-corrected chi connectivity index (χ0v) is 11.2. The van der Waals surface area contributed by atoms with Gasteiger partial charge in [-0.3, -0.25) is 4.79 Å². The van der Waals surface area contributed by atoms with Crippen LogP contribution in [0.4, 0.5) is 5.69 Å². The Morgan fingerprint density at radius 2 is 2.15 bits per heavy atom. The summed E-state index contributed by atoms with van der Waals surface area (Å²) in [5.41, 5.74) is 5.98. The molecule has 0 radical (unpaired) electrons. The molecule has 0 saturated carbocycles. The van der Waals surface area contributed by atoms with E-state index in [9.17, 15) is 9.59 Å². The normalized spacial score (nSPS) is 10.1. The van der Waals surface area contributed by atoms with Crippen molar-refractivity contribution in [3.63, 3.8) is 0 Å². The van der Waals surface area contributed by atoms with E-state index in [1.807, 2.05) is 0 Å². The number of carboxylic acid groups (broad SMARTS) is 1. The number of nitrogens with two attached hydrogens (primary N) is 1. The number of aromatic carboxylic acids is 1. The minimum absolute atomic E-state index is 0.0507. The first kappa shape index (κ1) is 15.8. The zero-order chi connectivity index (χ0) is 15.0. The monoisotopic (exact) mass is 282 g/mol. The molecule has 0 heterocycles. The van der Waals surface area contributed by atoms with Crippen LogP contribution in [-0.2, 0) is 9.53 Å². The van der Waals surface area contributed by atoms with Gasteiger partial charge in [0.2, 0.25) is 0 Å². The molecule has 1 rings (SSSR count). The summed E-state index contributed by atoms with van der Waals surface area (Å²) in [6.07, 6.45) is 0.707. The molecule has 0 fully saturated rings. The van der Waals surface area contributed by atoms with Crippen LogP contribution in [0.2, 0.25) is 0 Å². The molecule has 0 bridgehead atoms. The number of nitrogens with one attached hydrogen (secondary N) is 1. The topological polar surface area (TPSA) is 111 Å². The van der Waals surface area contributed by atoms with Gasteiger partial charge >= 0.3 is 5.97 Å². The van der Waals surface area contributed by atoms with Crippen molar-refractivity contribution in [3.05, 3.63) is 23.8 Å². The SMILES string of the molecule is COCCCNC(=O)COc1cc(C(=O)O)ccc1N. The number of hydrogen-bond donors (Lipinski definition) is 3. The van der Waals surface area contributed by atoms with Crippen LogP contribution in [0.25, 0.3) is 0 Å². The molecule has 0 aliphatic rings. The van der Waals surface area contributed by atoms with Crippen molar-refractivity contribution in [2.45, 2.75) is 6.42 Å². The second-order valence-electron chi connectivity index (χ2n) is 4.04. The lowest BCUT2D eigenvalue weighted by molar-refractivity contribution is -0.123. The number of methoxy groups -OCH3 is 1. The summed E-state index contributed by atoms with van der Waals surface area (Å²) in [5, 5.41) is 11.5. The number of carboxylic acids is 1. The summed E-state index contributed by atoms with van der Waals surface area (Å²) in [4.78, 5) is 22.3. The summed E-state index contributed by atoms with van der Waals surface area (Å²) in [6.45, 7) is 0.829. The maximum absolute atomic E-state index is 11.5. The minimum Gasteiger partial charge on any atom is -0.482 e. The Hall–Kier alpha value is -2.28. The second kappa shape index (κ2) is 8.00. The van der Waals surface area contributed by atoms with E-state index in [1.165, 1.54) is 18.2 Å². The van der Waals surface area contributed by atoms with Gasteiger partial charge in [-0.05, 0) is 24.6 Å². The van der Waals surface area contributed by atoms with Crippen molar-refractivity contribution in [2.75, 3.05) is 32.6 Å². The fraction of sp³-hybridized carbons (Fsp3) is 0.385.